The van der Waals surface area contributed by atoms with Crippen molar-refractivity contribution in [1.82, 2.24) is 10.3 Å². The molecule has 0 bridgehead atoms. The van der Waals surface area contributed by atoms with Crippen LogP contribution in [0.25, 0.3) is 0 Å². The van der Waals surface area contributed by atoms with E-state index in [9.17, 15) is 13.2 Å². The monoisotopic (exact) mass is 374 g/mol. The van der Waals surface area contributed by atoms with Crippen LogP contribution < -0.4 is 15.0 Å². The highest BCUT2D eigenvalue weighted by Crippen LogP contribution is 2.19. The number of ether oxygens (including phenoxy) is 1. The average molecular weight is 375 g/mol. The minimum absolute atomic E-state index is 0.0478. The molecule has 0 aliphatic rings. The second-order valence-corrected chi connectivity index (χ2v) is 6.82. The Balaban J connectivity index is 1.89. The molecule has 0 saturated carbocycles. The summed E-state index contributed by atoms with van der Waals surface area (Å²) in [5, 5.41) is 0.584. The number of amides is 1. The standard InChI is InChI=1S/C14H12Cl2N2O4S/c15-10-5-7-11(8-6-10)22-9-14(19)17-18-23(20,21)13-4-2-1-3-12(13)16/h1-8,18H,9H2,(H,17,19). The van der Waals surface area contributed by atoms with E-state index in [0.717, 1.165) is 0 Å². The summed E-state index contributed by atoms with van der Waals surface area (Å²) in [6.07, 6.45) is 0. The molecule has 0 spiro atoms. The Kier molecular flexibility index (Phi) is 5.84. The molecule has 122 valence electrons. The third-order valence-corrected chi connectivity index (χ3v) is 4.63. The zero-order chi connectivity index (χ0) is 16.9. The molecule has 0 aliphatic carbocycles. The van der Waals surface area contributed by atoms with Crippen molar-refractivity contribution in [2.45, 2.75) is 4.90 Å². The van der Waals surface area contributed by atoms with Crippen molar-refractivity contribution in [3.63, 3.8) is 0 Å². The first-order valence-electron chi connectivity index (χ1n) is 6.32. The summed E-state index contributed by atoms with van der Waals surface area (Å²) < 4.78 is 29.2. The number of hydrogen-bond donors (Lipinski definition) is 2. The van der Waals surface area contributed by atoms with Crippen LogP contribution in [0.1, 0.15) is 0 Å². The quantitative estimate of drug-likeness (QED) is 0.760. The van der Waals surface area contributed by atoms with Gasteiger partial charge in [-0.05, 0) is 36.4 Å². The number of halogens is 2. The van der Waals surface area contributed by atoms with Gasteiger partial charge in [-0.3, -0.25) is 10.2 Å². The molecular weight excluding hydrogens is 363 g/mol. The maximum Gasteiger partial charge on any atom is 0.272 e. The van der Waals surface area contributed by atoms with Crippen LogP contribution >= 0.6 is 23.2 Å². The molecule has 9 heteroatoms. The Hall–Kier alpha value is -1.80. The number of rotatable bonds is 6. The lowest BCUT2D eigenvalue weighted by Crippen LogP contribution is -2.43. The molecule has 23 heavy (non-hydrogen) atoms. The number of hydrazine groups is 1. The van der Waals surface area contributed by atoms with Gasteiger partial charge in [-0.1, -0.05) is 35.3 Å². The molecule has 0 aromatic heterocycles. The van der Waals surface area contributed by atoms with Gasteiger partial charge in [0.05, 0.1) is 5.02 Å². The molecule has 2 aromatic carbocycles. The first kappa shape index (κ1) is 17.6. The number of benzene rings is 2. The van der Waals surface area contributed by atoms with Gasteiger partial charge in [0.25, 0.3) is 15.9 Å². The molecule has 0 saturated heterocycles. The Labute approximate surface area is 143 Å². The first-order valence-corrected chi connectivity index (χ1v) is 8.56. The summed E-state index contributed by atoms with van der Waals surface area (Å²) in [6.45, 7) is -0.368. The Bertz CT molecular complexity index is 795. The van der Waals surface area contributed by atoms with Gasteiger partial charge in [0, 0.05) is 5.02 Å². The third kappa shape index (κ3) is 5.11. The molecule has 1 amide bonds. The fraction of sp³-hybridized carbons (Fsp3) is 0.0714. The molecule has 0 atom stereocenters. The van der Waals surface area contributed by atoms with Crippen LogP contribution in [0.4, 0.5) is 0 Å². The molecule has 6 nitrogen and oxygen atoms in total. The molecule has 0 unspecified atom stereocenters. The Morgan fingerprint density at radius 3 is 2.35 bits per heavy atom. The van der Waals surface area contributed by atoms with E-state index in [1.807, 2.05) is 10.3 Å². The fourth-order valence-corrected chi connectivity index (χ4v) is 3.06. The molecule has 2 rings (SSSR count). The topological polar surface area (TPSA) is 84.5 Å². The predicted octanol–water partition coefficient (Wildman–Crippen LogP) is 2.38. The minimum Gasteiger partial charge on any atom is -0.484 e. The second-order valence-electron chi connectivity index (χ2n) is 4.33. The van der Waals surface area contributed by atoms with Gasteiger partial charge < -0.3 is 4.74 Å². The maximum absolute atomic E-state index is 12.0. The fourth-order valence-electron chi connectivity index (χ4n) is 1.56. The minimum atomic E-state index is -3.96. The van der Waals surface area contributed by atoms with Crippen LogP contribution in [-0.4, -0.2) is 20.9 Å². The highest BCUT2D eigenvalue weighted by molar-refractivity contribution is 7.89. The van der Waals surface area contributed by atoms with Gasteiger partial charge in [-0.15, -0.1) is 4.83 Å². The number of sulfonamides is 1. The van der Waals surface area contributed by atoms with E-state index in [2.05, 4.69) is 0 Å². The maximum atomic E-state index is 12.0. The molecule has 0 aliphatic heterocycles. The molecule has 2 aromatic rings. The third-order valence-electron chi connectivity index (χ3n) is 2.63. The highest BCUT2D eigenvalue weighted by Gasteiger charge is 2.18. The summed E-state index contributed by atoms with van der Waals surface area (Å²) in [5.41, 5.74) is 2.04. The summed E-state index contributed by atoms with van der Waals surface area (Å²) in [6, 6.07) is 12.3. The second kappa shape index (κ2) is 7.65. The zero-order valence-electron chi connectivity index (χ0n) is 11.6. The zero-order valence-corrected chi connectivity index (χ0v) is 14.0. The van der Waals surface area contributed by atoms with Crippen molar-refractivity contribution in [3.8, 4) is 5.75 Å². The lowest BCUT2D eigenvalue weighted by molar-refractivity contribution is -0.123. The van der Waals surface area contributed by atoms with Crippen molar-refractivity contribution >= 4 is 39.1 Å². The average Bonchev–Trinajstić information content (AvgIpc) is 2.53. The predicted molar refractivity (Wildman–Crippen MR) is 86.9 cm³/mol. The van der Waals surface area contributed by atoms with Crippen LogP contribution in [0.15, 0.2) is 53.4 Å². The molecule has 0 heterocycles. The van der Waals surface area contributed by atoms with Crippen molar-refractivity contribution in [3.05, 3.63) is 58.6 Å². The molecule has 0 fully saturated rings. The van der Waals surface area contributed by atoms with Crippen molar-refractivity contribution in [2.24, 2.45) is 0 Å². The Morgan fingerprint density at radius 2 is 1.70 bits per heavy atom. The van der Waals surface area contributed by atoms with Crippen molar-refractivity contribution in [2.75, 3.05) is 6.61 Å². The van der Waals surface area contributed by atoms with Gasteiger partial charge in [0.15, 0.2) is 6.61 Å². The number of hydrogen-bond acceptors (Lipinski definition) is 4. The van der Waals surface area contributed by atoms with E-state index in [1.165, 1.54) is 18.2 Å². The molecule has 2 N–H and O–H groups in total. The van der Waals surface area contributed by atoms with Gasteiger partial charge in [-0.25, -0.2) is 8.42 Å². The van der Waals surface area contributed by atoms with Crippen LogP contribution in [0.3, 0.4) is 0 Å². The lowest BCUT2D eigenvalue weighted by Gasteiger charge is -2.10. The van der Waals surface area contributed by atoms with Gasteiger partial charge in [0.1, 0.15) is 10.6 Å². The van der Waals surface area contributed by atoms with Gasteiger partial charge in [0.2, 0.25) is 0 Å². The van der Waals surface area contributed by atoms with Crippen molar-refractivity contribution < 1.29 is 17.9 Å². The largest absolute Gasteiger partial charge is 0.484 e. The number of carbonyl (C=O) groups is 1. The first-order chi connectivity index (χ1) is 10.9. The van der Waals surface area contributed by atoms with Crippen molar-refractivity contribution in [1.29, 1.82) is 0 Å². The van der Waals surface area contributed by atoms with Gasteiger partial charge >= 0.3 is 0 Å². The number of nitrogens with one attached hydrogen (secondary N) is 2. The van der Waals surface area contributed by atoms with Gasteiger partial charge in [-0.2, -0.15) is 0 Å². The van der Waals surface area contributed by atoms with Crippen LogP contribution in [-0.2, 0) is 14.8 Å². The van der Waals surface area contributed by atoms with E-state index in [-0.39, 0.29) is 16.5 Å². The molecular formula is C14H12Cl2N2O4S. The summed E-state index contributed by atoms with van der Waals surface area (Å²) >= 11 is 11.5. The van der Waals surface area contributed by atoms with Crippen LogP contribution in [0.5, 0.6) is 5.75 Å². The highest BCUT2D eigenvalue weighted by atomic mass is 35.5. The van der Waals surface area contributed by atoms with E-state index < -0.39 is 15.9 Å². The van der Waals surface area contributed by atoms with E-state index in [0.29, 0.717) is 10.8 Å². The smallest absolute Gasteiger partial charge is 0.272 e. The van der Waals surface area contributed by atoms with Crippen LogP contribution in [0, 0.1) is 0 Å². The van der Waals surface area contributed by atoms with E-state index in [4.69, 9.17) is 27.9 Å². The van der Waals surface area contributed by atoms with E-state index >= 15 is 0 Å². The molecule has 0 radical (unpaired) electrons. The summed E-state index contributed by atoms with van der Waals surface area (Å²) in [5.74, 6) is -0.242. The normalized spacial score (nSPS) is 11.0. The van der Waals surface area contributed by atoms with E-state index in [1.54, 1.807) is 30.3 Å². The number of carbonyl (C=O) groups excluding carboxylic acids is 1. The SMILES string of the molecule is O=C(COc1ccc(Cl)cc1)NNS(=O)(=O)c1ccccc1Cl. The Morgan fingerprint density at radius 1 is 1.04 bits per heavy atom. The summed E-state index contributed by atoms with van der Waals surface area (Å²) in [4.78, 5) is 13.4. The summed E-state index contributed by atoms with van der Waals surface area (Å²) in [7, 11) is -3.96. The lowest BCUT2D eigenvalue weighted by atomic mass is 10.3. The van der Waals surface area contributed by atoms with Crippen LogP contribution in [0.2, 0.25) is 10.0 Å².